The van der Waals surface area contributed by atoms with Crippen LogP contribution in [0.15, 0.2) is 52.9 Å². The topological polar surface area (TPSA) is 131 Å². The van der Waals surface area contributed by atoms with Crippen molar-refractivity contribution in [2.75, 3.05) is 21.3 Å². The summed E-state index contributed by atoms with van der Waals surface area (Å²) >= 11 is 0. The molecule has 4 rings (SSSR count). The number of ether oxygens (including phenoxy) is 2. The van der Waals surface area contributed by atoms with Gasteiger partial charge in [-0.2, -0.15) is 0 Å². The number of hydrogen-bond acceptors (Lipinski definition) is 9. The molecule has 1 amide bonds. The van der Waals surface area contributed by atoms with Crippen LogP contribution in [0.5, 0.6) is 23.1 Å². The highest BCUT2D eigenvalue weighted by atomic mass is 16.5. The molecule has 0 saturated heterocycles. The van der Waals surface area contributed by atoms with Crippen molar-refractivity contribution in [3.8, 4) is 45.7 Å². The molecule has 204 valence electrons. The first-order chi connectivity index (χ1) is 18.9. The Balaban J connectivity index is 1.71. The molecule has 2 N–H and O–H groups in total. The van der Waals surface area contributed by atoms with Crippen LogP contribution in [0.4, 0.5) is 0 Å². The van der Waals surface area contributed by atoms with E-state index < -0.39 is 5.88 Å². The number of likely N-dealkylation sites (N-methyl/N-ethyl adjacent to an activating group) is 1. The maximum absolute atomic E-state index is 12.8. The van der Waals surface area contributed by atoms with E-state index in [1.54, 1.807) is 30.1 Å². The summed E-state index contributed by atoms with van der Waals surface area (Å²) in [4.78, 5) is 18.7. The van der Waals surface area contributed by atoms with Crippen molar-refractivity contribution in [2.45, 2.75) is 39.2 Å². The second-order valence-corrected chi connectivity index (χ2v) is 9.03. The quantitative estimate of drug-likeness (QED) is 0.280. The summed E-state index contributed by atoms with van der Waals surface area (Å²) in [7, 11) is 4.73. The van der Waals surface area contributed by atoms with Crippen LogP contribution < -0.4 is 9.47 Å². The van der Waals surface area contributed by atoms with Crippen molar-refractivity contribution < 1.29 is 28.9 Å². The minimum atomic E-state index is -0.459. The van der Waals surface area contributed by atoms with Gasteiger partial charge in [-0.3, -0.25) is 4.79 Å². The lowest BCUT2D eigenvalue weighted by Gasteiger charge is -2.18. The zero-order chi connectivity index (χ0) is 27.9. The minimum absolute atomic E-state index is 0.0418. The van der Waals surface area contributed by atoms with Gasteiger partial charge in [0.25, 0.3) is 5.89 Å². The fourth-order valence-electron chi connectivity index (χ4n) is 4.33. The molecule has 0 aliphatic carbocycles. The molecule has 0 radical (unpaired) electrons. The van der Waals surface area contributed by atoms with E-state index in [9.17, 15) is 15.0 Å². The number of aromatic hydroxyl groups is 2. The number of methoxy groups -OCH3 is 2. The van der Waals surface area contributed by atoms with Gasteiger partial charge >= 0.3 is 0 Å². The average molecular weight is 533 g/mol. The molecule has 39 heavy (non-hydrogen) atoms. The number of rotatable bonds is 11. The van der Waals surface area contributed by atoms with E-state index in [1.807, 2.05) is 37.3 Å². The van der Waals surface area contributed by atoms with Crippen molar-refractivity contribution in [3.05, 3.63) is 65.7 Å². The number of aromatic nitrogens is 3. The summed E-state index contributed by atoms with van der Waals surface area (Å²) in [5.41, 5.74) is 2.14. The fourth-order valence-corrected chi connectivity index (χ4v) is 4.33. The molecule has 0 atom stereocenters. The molecule has 10 heteroatoms. The smallest absolute Gasteiger partial charge is 0.257 e. The van der Waals surface area contributed by atoms with E-state index >= 15 is 0 Å². The number of nitrogens with zero attached hydrogens (tertiary/aromatic N) is 4. The van der Waals surface area contributed by atoms with Crippen LogP contribution in [0.25, 0.3) is 22.6 Å². The van der Waals surface area contributed by atoms with Crippen molar-refractivity contribution in [1.29, 1.82) is 0 Å². The van der Waals surface area contributed by atoms with Crippen LogP contribution in [0.3, 0.4) is 0 Å². The molecule has 2 aromatic carbocycles. The molecule has 2 heterocycles. The van der Waals surface area contributed by atoms with Crippen LogP contribution in [0.1, 0.15) is 36.9 Å². The Morgan fingerprint density at radius 3 is 2.28 bits per heavy atom. The number of pyridine rings is 1. The Morgan fingerprint density at radius 1 is 0.949 bits per heavy atom. The molecule has 0 fully saturated rings. The van der Waals surface area contributed by atoms with Gasteiger partial charge < -0.3 is 29.0 Å². The van der Waals surface area contributed by atoms with Crippen molar-refractivity contribution in [1.82, 2.24) is 20.1 Å². The van der Waals surface area contributed by atoms with Crippen molar-refractivity contribution in [3.63, 3.8) is 0 Å². The van der Waals surface area contributed by atoms with Gasteiger partial charge in [-0.15, -0.1) is 10.2 Å². The lowest BCUT2D eigenvalue weighted by atomic mass is 9.95. The molecule has 4 aromatic rings. The number of amides is 1. The molecule has 10 nitrogen and oxygen atoms in total. The van der Waals surface area contributed by atoms with Gasteiger partial charge in [0.05, 0.1) is 31.0 Å². The number of carbonyl (C=O) groups is 1. The van der Waals surface area contributed by atoms with Crippen LogP contribution in [0.2, 0.25) is 0 Å². The van der Waals surface area contributed by atoms with E-state index in [-0.39, 0.29) is 35.4 Å². The predicted molar refractivity (Wildman–Crippen MR) is 145 cm³/mol. The van der Waals surface area contributed by atoms with Gasteiger partial charge in [0, 0.05) is 13.6 Å². The van der Waals surface area contributed by atoms with Gasteiger partial charge in [-0.05, 0) is 30.5 Å². The maximum Gasteiger partial charge on any atom is 0.257 e. The van der Waals surface area contributed by atoms with Gasteiger partial charge in [0.1, 0.15) is 29.2 Å². The second-order valence-electron chi connectivity index (χ2n) is 9.03. The van der Waals surface area contributed by atoms with Crippen molar-refractivity contribution in [2.24, 2.45) is 0 Å². The maximum atomic E-state index is 12.8. The second kappa shape index (κ2) is 12.3. The minimum Gasteiger partial charge on any atom is -0.506 e. The lowest BCUT2D eigenvalue weighted by Crippen LogP contribution is -2.27. The molecule has 0 bridgehead atoms. The molecule has 0 spiro atoms. The van der Waals surface area contributed by atoms with Gasteiger partial charge in [-0.25, -0.2) is 4.98 Å². The summed E-state index contributed by atoms with van der Waals surface area (Å²) in [5.74, 6) is -0.199. The number of aryl methyl sites for hydroxylation is 1. The number of carbonyl (C=O) groups excluding carboxylic acids is 1. The third kappa shape index (κ3) is 5.95. The Kier molecular flexibility index (Phi) is 8.65. The SMILES string of the molecule is CCCCc1nc(O)c(-c2nnc(CC(=O)N(C)Cc3ccccc3)o2)c(O)c1-c1c(OC)cccc1OC. The average Bonchev–Trinajstić information content (AvgIpc) is 3.39. The highest BCUT2D eigenvalue weighted by Crippen LogP contribution is 2.49. The summed E-state index contributed by atoms with van der Waals surface area (Å²) in [6.07, 6.45) is 2.01. The first-order valence-electron chi connectivity index (χ1n) is 12.6. The molecule has 0 unspecified atom stereocenters. The third-order valence-electron chi connectivity index (χ3n) is 6.34. The standard InChI is InChI=1S/C29H32N4O6/c1-5-6-13-19-24(25-20(37-3)14-10-15-21(25)38-4)27(35)26(28(36)30-19)29-32-31-22(39-29)16-23(34)33(2)17-18-11-8-7-9-12-18/h7-12,14-15H,5-6,13,16-17H2,1-4H3,(H2,30,35,36). The Morgan fingerprint density at radius 2 is 1.64 bits per heavy atom. The zero-order valence-corrected chi connectivity index (χ0v) is 22.5. The van der Waals surface area contributed by atoms with Crippen LogP contribution >= 0.6 is 0 Å². The largest absolute Gasteiger partial charge is 0.506 e. The highest BCUT2D eigenvalue weighted by molar-refractivity contribution is 5.88. The normalized spacial score (nSPS) is 10.9. The molecule has 0 aliphatic rings. The first kappa shape index (κ1) is 27.4. The van der Waals surface area contributed by atoms with E-state index in [4.69, 9.17) is 13.9 Å². The molecular weight excluding hydrogens is 500 g/mol. The number of hydrogen-bond donors (Lipinski definition) is 2. The molecule has 2 aromatic heterocycles. The van der Waals surface area contributed by atoms with Gasteiger partial charge in [0.2, 0.25) is 17.7 Å². The predicted octanol–water partition coefficient (Wildman–Crippen LogP) is 4.77. The molecule has 0 saturated carbocycles. The summed E-state index contributed by atoms with van der Waals surface area (Å²) in [6.45, 7) is 2.46. The fraction of sp³-hybridized carbons (Fsp3) is 0.310. The molecular formula is C29H32N4O6. The monoisotopic (exact) mass is 532 g/mol. The lowest BCUT2D eigenvalue weighted by molar-refractivity contribution is -0.130. The van der Waals surface area contributed by atoms with Gasteiger partial charge in [0.15, 0.2) is 0 Å². The van der Waals surface area contributed by atoms with E-state index in [2.05, 4.69) is 15.2 Å². The number of benzene rings is 2. The van der Waals surface area contributed by atoms with Crippen LogP contribution in [-0.2, 0) is 24.2 Å². The van der Waals surface area contributed by atoms with Crippen molar-refractivity contribution >= 4 is 5.91 Å². The van der Waals surface area contributed by atoms with E-state index in [0.717, 1.165) is 18.4 Å². The van der Waals surface area contributed by atoms with Crippen LogP contribution in [-0.4, -0.2) is 57.5 Å². The number of unbranched alkanes of at least 4 members (excludes halogenated alkanes) is 1. The Labute approximate surface area is 226 Å². The van der Waals surface area contributed by atoms with Gasteiger partial charge in [-0.1, -0.05) is 49.7 Å². The Bertz CT molecular complexity index is 1420. The highest BCUT2D eigenvalue weighted by Gasteiger charge is 2.29. The van der Waals surface area contributed by atoms with E-state index in [0.29, 0.717) is 41.3 Å². The summed E-state index contributed by atoms with van der Waals surface area (Å²) in [6, 6.07) is 14.9. The third-order valence-corrected chi connectivity index (χ3v) is 6.34. The first-order valence-corrected chi connectivity index (χ1v) is 12.6. The zero-order valence-electron chi connectivity index (χ0n) is 22.5. The summed E-state index contributed by atoms with van der Waals surface area (Å²) < 4.78 is 16.9. The molecule has 0 aliphatic heterocycles. The summed E-state index contributed by atoms with van der Waals surface area (Å²) in [5, 5.41) is 30.4. The Hall–Kier alpha value is -4.60. The van der Waals surface area contributed by atoms with Crippen LogP contribution in [0, 0.1) is 0 Å². The van der Waals surface area contributed by atoms with E-state index in [1.165, 1.54) is 14.2 Å².